The lowest BCUT2D eigenvalue weighted by molar-refractivity contribution is -0.131. The van der Waals surface area contributed by atoms with Crippen molar-refractivity contribution in [1.29, 1.82) is 0 Å². The molecule has 0 fully saturated rings. The second-order valence-electron chi connectivity index (χ2n) is 2.71. The van der Waals surface area contributed by atoms with E-state index in [9.17, 15) is 4.79 Å². The fraction of sp³-hybridized carbons (Fsp3) is 0.333. The number of hydrogen-bond acceptors (Lipinski definition) is 5. The molecule has 1 aliphatic heterocycles. The minimum absolute atomic E-state index is 0.338. The van der Waals surface area contributed by atoms with Crippen molar-refractivity contribution >= 4 is 12.0 Å². The third-order valence-corrected chi connectivity index (χ3v) is 1.72. The average molecular weight is 212 g/mol. The lowest BCUT2D eigenvalue weighted by atomic mass is 10.2. The summed E-state index contributed by atoms with van der Waals surface area (Å²) in [5, 5.41) is 9.86. The van der Waals surface area contributed by atoms with Crippen LogP contribution in [0.1, 0.15) is 0 Å². The average Bonchev–Trinajstić information content (AvgIpc) is 2.25. The predicted molar refractivity (Wildman–Crippen MR) is 53.0 cm³/mol. The van der Waals surface area contributed by atoms with Gasteiger partial charge in [-0.2, -0.15) is 0 Å². The number of ether oxygens (including phenoxy) is 1. The van der Waals surface area contributed by atoms with Gasteiger partial charge in [0, 0.05) is 12.3 Å². The molecule has 0 unspecified atom stereocenters. The monoisotopic (exact) mass is 212 g/mol. The third kappa shape index (κ3) is 3.10. The van der Waals surface area contributed by atoms with Crippen LogP contribution < -0.4 is 0 Å². The molecule has 0 atom stereocenters. The number of nitrogens with zero attached hydrogens (tertiary/aromatic N) is 2. The zero-order valence-corrected chi connectivity index (χ0v) is 8.51. The van der Waals surface area contributed by atoms with Gasteiger partial charge in [0.1, 0.15) is 0 Å². The van der Waals surface area contributed by atoms with Crippen molar-refractivity contribution in [1.82, 2.24) is 5.06 Å². The summed E-state index contributed by atoms with van der Waals surface area (Å²) in [6.45, 7) is 0.396. The fourth-order valence-electron chi connectivity index (χ4n) is 1.05. The number of hydrogen-bond donors (Lipinski definition) is 1. The maximum Gasteiger partial charge on any atom is 0.328 e. The summed E-state index contributed by atoms with van der Waals surface area (Å²) >= 11 is 0. The predicted octanol–water partition coefficient (Wildman–Crippen LogP) is 0.391. The summed E-state index contributed by atoms with van der Waals surface area (Å²) in [7, 11) is 2.97. The SMILES string of the molecule is COC1=NC=C(/C=C/C(=O)O)CN1OC. The van der Waals surface area contributed by atoms with Crippen LogP contribution in [-0.4, -0.2) is 42.9 Å². The molecule has 1 rings (SSSR count). The molecule has 0 aromatic carbocycles. The maximum absolute atomic E-state index is 10.3. The first kappa shape index (κ1) is 11.3. The lowest BCUT2D eigenvalue weighted by Gasteiger charge is -2.24. The number of amidine groups is 1. The van der Waals surface area contributed by atoms with E-state index in [1.165, 1.54) is 31.6 Å². The molecule has 0 spiro atoms. The summed E-state index contributed by atoms with van der Waals surface area (Å²) in [5.41, 5.74) is 0.722. The lowest BCUT2D eigenvalue weighted by Crippen LogP contribution is -2.34. The quantitative estimate of drug-likeness (QED) is 0.685. The van der Waals surface area contributed by atoms with Gasteiger partial charge >= 0.3 is 12.0 Å². The molecule has 0 aromatic rings. The highest BCUT2D eigenvalue weighted by molar-refractivity contribution is 5.81. The molecule has 6 nitrogen and oxygen atoms in total. The van der Waals surface area contributed by atoms with Gasteiger partial charge in [-0.3, -0.25) is 4.84 Å². The molecule has 0 saturated heterocycles. The normalized spacial score (nSPS) is 16.3. The molecule has 82 valence electrons. The molecule has 0 radical (unpaired) electrons. The molecule has 1 heterocycles. The molecule has 1 aliphatic rings. The first-order valence-corrected chi connectivity index (χ1v) is 4.21. The van der Waals surface area contributed by atoms with Gasteiger partial charge < -0.3 is 9.84 Å². The summed E-state index contributed by atoms with van der Waals surface area (Å²) in [5.74, 6) is -0.999. The Labute approximate surface area is 87.1 Å². The molecule has 6 heteroatoms. The number of carboxylic acids is 1. The Balaban J connectivity index is 2.74. The summed E-state index contributed by atoms with van der Waals surface area (Å²) < 4.78 is 4.93. The molecule has 0 aliphatic carbocycles. The highest BCUT2D eigenvalue weighted by Crippen LogP contribution is 2.09. The summed E-state index contributed by atoms with van der Waals surface area (Å²) in [4.78, 5) is 19.2. The van der Waals surface area contributed by atoms with Crippen molar-refractivity contribution in [3.8, 4) is 0 Å². The van der Waals surface area contributed by atoms with Gasteiger partial charge in [-0.15, -0.1) is 0 Å². The topological polar surface area (TPSA) is 71.4 Å². The van der Waals surface area contributed by atoms with Gasteiger partial charge in [-0.05, 0) is 11.6 Å². The molecule has 0 aromatic heterocycles. The van der Waals surface area contributed by atoms with Gasteiger partial charge in [0.05, 0.1) is 20.8 Å². The van der Waals surface area contributed by atoms with Crippen LogP contribution in [0.2, 0.25) is 0 Å². The third-order valence-electron chi connectivity index (χ3n) is 1.72. The highest BCUT2D eigenvalue weighted by Gasteiger charge is 2.16. The van der Waals surface area contributed by atoms with Crippen molar-refractivity contribution in [2.45, 2.75) is 0 Å². The minimum Gasteiger partial charge on any atom is -0.478 e. The standard InChI is InChI=1S/C9H12N2O4/c1-14-9-10-5-7(3-4-8(12)13)6-11(9)15-2/h3-5H,6H2,1-2H3,(H,12,13)/b4-3+. The Bertz CT molecular complexity index is 333. The van der Waals surface area contributed by atoms with Gasteiger partial charge in [0.15, 0.2) is 0 Å². The van der Waals surface area contributed by atoms with Crippen molar-refractivity contribution < 1.29 is 19.5 Å². The van der Waals surface area contributed by atoms with Crippen LogP contribution in [0.3, 0.4) is 0 Å². The largest absolute Gasteiger partial charge is 0.478 e. The Morgan fingerprint density at radius 3 is 2.93 bits per heavy atom. The second kappa shape index (κ2) is 5.16. The van der Waals surface area contributed by atoms with E-state index in [-0.39, 0.29) is 0 Å². The Morgan fingerprint density at radius 1 is 1.67 bits per heavy atom. The van der Waals surface area contributed by atoms with Crippen LogP contribution in [-0.2, 0) is 14.4 Å². The van der Waals surface area contributed by atoms with E-state index < -0.39 is 5.97 Å². The van der Waals surface area contributed by atoms with E-state index in [1.54, 1.807) is 0 Å². The van der Waals surface area contributed by atoms with Crippen LogP contribution in [0, 0.1) is 0 Å². The van der Waals surface area contributed by atoms with Crippen molar-refractivity contribution in [2.24, 2.45) is 4.99 Å². The minimum atomic E-state index is -0.999. The maximum atomic E-state index is 10.3. The molecule has 0 amide bonds. The van der Waals surface area contributed by atoms with Crippen LogP contribution in [0.4, 0.5) is 0 Å². The summed E-state index contributed by atoms with van der Waals surface area (Å²) in [6, 6.07) is 0.338. The van der Waals surface area contributed by atoms with Crippen LogP contribution in [0.5, 0.6) is 0 Å². The zero-order valence-electron chi connectivity index (χ0n) is 8.51. The number of aliphatic carboxylic acids is 1. The Morgan fingerprint density at radius 2 is 2.40 bits per heavy atom. The van der Waals surface area contributed by atoms with Gasteiger partial charge in [-0.1, -0.05) is 0 Å². The number of rotatable bonds is 3. The van der Waals surface area contributed by atoms with E-state index in [4.69, 9.17) is 14.7 Å². The number of aliphatic imine (C=N–C) groups is 1. The van der Waals surface area contributed by atoms with Crippen molar-refractivity contribution in [3.05, 3.63) is 23.9 Å². The molecule has 0 bridgehead atoms. The Hall–Kier alpha value is -1.82. The number of hydroxylamine groups is 2. The van der Waals surface area contributed by atoms with Crippen LogP contribution >= 0.6 is 0 Å². The number of carboxylic acid groups (broad SMARTS) is 1. The molecule has 0 saturated carbocycles. The van der Waals surface area contributed by atoms with Crippen molar-refractivity contribution in [3.63, 3.8) is 0 Å². The first-order chi connectivity index (χ1) is 7.17. The van der Waals surface area contributed by atoms with E-state index in [2.05, 4.69) is 4.99 Å². The van der Waals surface area contributed by atoms with Crippen molar-refractivity contribution in [2.75, 3.05) is 20.8 Å². The molecule has 15 heavy (non-hydrogen) atoms. The molecular weight excluding hydrogens is 200 g/mol. The highest BCUT2D eigenvalue weighted by atomic mass is 16.7. The number of methoxy groups -OCH3 is 1. The zero-order chi connectivity index (χ0) is 11.3. The van der Waals surface area contributed by atoms with Gasteiger partial charge in [-0.25, -0.2) is 14.9 Å². The number of carbonyl (C=O) groups is 1. The van der Waals surface area contributed by atoms with E-state index in [0.29, 0.717) is 12.6 Å². The Kier molecular flexibility index (Phi) is 3.87. The fourth-order valence-corrected chi connectivity index (χ4v) is 1.05. The van der Waals surface area contributed by atoms with Gasteiger partial charge in [0.2, 0.25) is 0 Å². The second-order valence-corrected chi connectivity index (χ2v) is 2.71. The van der Waals surface area contributed by atoms with E-state index in [0.717, 1.165) is 11.6 Å². The van der Waals surface area contributed by atoms with Gasteiger partial charge in [0.25, 0.3) is 0 Å². The van der Waals surface area contributed by atoms with E-state index >= 15 is 0 Å². The molecule has 1 N–H and O–H groups in total. The van der Waals surface area contributed by atoms with Crippen LogP contribution in [0.15, 0.2) is 28.9 Å². The van der Waals surface area contributed by atoms with Crippen LogP contribution in [0.25, 0.3) is 0 Å². The smallest absolute Gasteiger partial charge is 0.328 e. The molecular formula is C9H12N2O4. The first-order valence-electron chi connectivity index (χ1n) is 4.21. The summed E-state index contributed by atoms with van der Waals surface area (Å²) in [6.07, 6.45) is 4.05. The van der Waals surface area contributed by atoms with E-state index in [1.807, 2.05) is 0 Å².